The fourth-order valence-corrected chi connectivity index (χ4v) is 1.07. The molecule has 3 atom stereocenters. The lowest BCUT2D eigenvalue weighted by atomic mass is 9.96. The van der Waals surface area contributed by atoms with Gasteiger partial charge < -0.3 is 25.8 Å². The molecule has 3 unspecified atom stereocenters. The summed E-state index contributed by atoms with van der Waals surface area (Å²) in [5.74, 6) is 0. The fourth-order valence-electron chi connectivity index (χ4n) is 1.07. The van der Waals surface area contributed by atoms with E-state index in [-0.39, 0.29) is 25.9 Å². The SMILES string of the molecule is C=CC.CC(O)COC(CO)CCC(C)(N)CO. The second-order valence-corrected chi connectivity index (χ2v) is 4.75. The smallest absolute Gasteiger partial charge is 0.0807 e. The average Bonchev–Trinajstić information content (AvgIpc) is 2.30. The van der Waals surface area contributed by atoms with Crippen LogP contribution in [0.15, 0.2) is 12.7 Å². The van der Waals surface area contributed by atoms with Crippen molar-refractivity contribution in [3.05, 3.63) is 12.7 Å². The Hall–Kier alpha value is -0.460. The van der Waals surface area contributed by atoms with Crippen LogP contribution in [0.1, 0.15) is 33.6 Å². The van der Waals surface area contributed by atoms with Gasteiger partial charge in [0.1, 0.15) is 0 Å². The van der Waals surface area contributed by atoms with Gasteiger partial charge in [-0.15, -0.1) is 6.58 Å². The molecule has 0 saturated carbocycles. The third kappa shape index (κ3) is 13.6. The van der Waals surface area contributed by atoms with E-state index in [0.29, 0.717) is 12.8 Å². The molecule has 0 rings (SSSR count). The van der Waals surface area contributed by atoms with Crippen molar-refractivity contribution in [3.63, 3.8) is 0 Å². The summed E-state index contributed by atoms with van der Waals surface area (Å²) in [6, 6.07) is 0. The standard InChI is InChI=1S/C10H23NO4.C3H6/c1-8(14)6-15-9(5-12)3-4-10(2,11)7-13;1-3-2/h8-9,12-14H,3-7,11H2,1-2H3;3H,1H2,2H3. The number of hydrogen-bond donors (Lipinski definition) is 4. The molecule has 0 aliphatic heterocycles. The summed E-state index contributed by atoms with van der Waals surface area (Å²) in [5.41, 5.74) is 5.10. The normalized spacial score (nSPS) is 17.1. The topological polar surface area (TPSA) is 95.9 Å². The van der Waals surface area contributed by atoms with Crippen molar-refractivity contribution in [2.75, 3.05) is 19.8 Å². The van der Waals surface area contributed by atoms with E-state index in [1.807, 2.05) is 6.92 Å². The van der Waals surface area contributed by atoms with Crippen LogP contribution in [-0.2, 0) is 4.74 Å². The minimum Gasteiger partial charge on any atom is -0.394 e. The Bertz CT molecular complexity index is 195. The molecule has 110 valence electrons. The molecule has 0 aromatic rings. The Morgan fingerprint density at radius 1 is 1.44 bits per heavy atom. The van der Waals surface area contributed by atoms with Crippen LogP contribution in [0.4, 0.5) is 0 Å². The van der Waals surface area contributed by atoms with Crippen LogP contribution in [0.2, 0.25) is 0 Å². The largest absolute Gasteiger partial charge is 0.394 e. The first kappa shape index (κ1) is 19.9. The predicted molar refractivity (Wildman–Crippen MR) is 73.3 cm³/mol. The Morgan fingerprint density at radius 2 is 1.94 bits per heavy atom. The van der Waals surface area contributed by atoms with Crippen molar-refractivity contribution >= 4 is 0 Å². The van der Waals surface area contributed by atoms with Gasteiger partial charge in [0.25, 0.3) is 0 Å². The van der Waals surface area contributed by atoms with Gasteiger partial charge in [0.05, 0.1) is 32.0 Å². The van der Waals surface area contributed by atoms with Gasteiger partial charge in [-0.2, -0.15) is 0 Å². The monoisotopic (exact) mass is 263 g/mol. The average molecular weight is 263 g/mol. The zero-order valence-electron chi connectivity index (χ0n) is 11.8. The molecule has 0 saturated heterocycles. The molecule has 5 N–H and O–H groups in total. The van der Waals surface area contributed by atoms with E-state index in [1.54, 1.807) is 19.9 Å². The number of hydrogen-bond acceptors (Lipinski definition) is 5. The summed E-state index contributed by atoms with van der Waals surface area (Å²) in [5, 5.41) is 26.9. The minimum atomic E-state index is -0.637. The number of rotatable bonds is 8. The Kier molecular flexibility index (Phi) is 12.8. The van der Waals surface area contributed by atoms with Crippen LogP contribution in [0.25, 0.3) is 0 Å². The lowest BCUT2D eigenvalue weighted by Gasteiger charge is -2.24. The van der Waals surface area contributed by atoms with Gasteiger partial charge in [0.15, 0.2) is 0 Å². The van der Waals surface area contributed by atoms with Crippen molar-refractivity contribution in [1.29, 1.82) is 0 Å². The number of aliphatic hydroxyl groups excluding tert-OH is 3. The van der Waals surface area contributed by atoms with E-state index < -0.39 is 11.6 Å². The van der Waals surface area contributed by atoms with E-state index in [2.05, 4.69) is 6.58 Å². The molecule has 0 amide bonds. The van der Waals surface area contributed by atoms with E-state index in [1.165, 1.54) is 0 Å². The summed E-state index contributed by atoms with van der Waals surface area (Å²) in [6.07, 6.45) is 2.01. The zero-order chi connectivity index (χ0) is 14.6. The van der Waals surface area contributed by atoms with Gasteiger partial charge in [0.2, 0.25) is 0 Å². The van der Waals surface area contributed by atoms with Gasteiger partial charge in [-0.1, -0.05) is 6.08 Å². The molecule has 5 nitrogen and oxygen atoms in total. The molecule has 0 radical (unpaired) electrons. The maximum absolute atomic E-state index is 9.00. The molecule has 0 aromatic carbocycles. The number of ether oxygens (including phenoxy) is 1. The van der Waals surface area contributed by atoms with E-state index in [4.69, 9.17) is 25.8 Å². The first-order chi connectivity index (χ1) is 8.32. The third-order valence-electron chi connectivity index (χ3n) is 2.18. The quantitative estimate of drug-likeness (QED) is 0.476. The summed E-state index contributed by atoms with van der Waals surface area (Å²) >= 11 is 0. The van der Waals surface area contributed by atoms with Crippen molar-refractivity contribution in [1.82, 2.24) is 0 Å². The van der Waals surface area contributed by atoms with Crippen LogP contribution in [0.5, 0.6) is 0 Å². The predicted octanol–water partition coefficient (Wildman–Crippen LogP) is 0.427. The van der Waals surface area contributed by atoms with Gasteiger partial charge in [-0.3, -0.25) is 0 Å². The van der Waals surface area contributed by atoms with E-state index in [0.717, 1.165) is 0 Å². The molecule has 0 aliphatic carbocycles. The minimum absolute atomic E-state index is 0.0957. The molecule has 0 fully saturated rings. The second kappa shape index (κ2) is 11.6. The van der Waals surface area contributed by atoms with Crippen LogP contribution >= 0.6 is 0 Å². The molecule has 0 bridgehead atoms. The van der Waals surface area contributed by atoms with Gasteiger partial charge in [-0.05, 0) is 33.6 Å². The summed E-state index contributed by atoms with van der Waals surface area (Å²) in [4.78, 5) is 0. The summed E-state index contributed by atoms with van der Waals surface area (Å²) in [7, 11) is 0. The lowest BCUT2D eigenvalue weighted by molar-refractivity contribution is -0.0336. The molecule has 18 heavy (non-hydrogen) atoms. The molecule has 0 aliphatic rings. The van der Waals surface area contributed by atoms with Crippen molar-refractivity contribution in [2.24, 2.45) is 5.73 Å². The van der Waals surface area contributed by atoms with E-state index in [9.17, 15) is 0 Å². The zero-order valence-corrected chi connectivity index (χ0v) is 11.8. The summed E-state index contributed by atoms with van der Waals surface area (Å²) in [6.45, 7) is 8.62. The molecule has 0 aromatic heterocycles. The Labute approximate surface area is 110 Å². The maximum atomic E-state index is 9.00. The number of aliphatic hydroxyl groups is 3. The lowest BCUT2D eigenvalue weighted by Crippen LogP contribution is -2.41. The van der Waals surface area contributed by atoms with Crippen molar-refractivity contribution in [2.45, 2.75) is 51.4 Å². The van der Waals surface area contributed by atoms with Crippen molar-refractivity contribution in [3.8, 4) is 0 Å². The third-order valence-corrected chi connectivity index (χ3v) is 2.18. The van der Waals surface area contributed by atoms with Crippen molar-refractivity contribution < 1.29 is 20.1 Å². The van der Waals surface area contributed by atoms with Crippen LogP contribution < -0.4 is 5.73 Å². The molecule has 0 heterocycles. The summed E-state index contributed by atoms with van der Waals surface area (Å²) < 4.78 is 5.26. The van der Waals surface area contributed by atoms with Crippen LogP contribution in [0.3, 0.4) is 0 Å². The Balaban J connectivity index is 0. The molecular formula is C13H29NO4. The number of allylic oxidation sites excluding steroid dienone is 1. The maximum Gasteiger partial charge on any atom is 0.0807 e. The number of nitrogens with two attached hydrogens (primary N) is 1. The highest BCUT2D eigenvalue weighted by molar-refractivity contribution is 4.78. The van der Waals surface area contributed by atoms with Crippen LogP contribution in [0, 0.1) is 0 Å². The highest BCUT2D eigenvalue weighted by Crippen LogP contribution is 2.12. The Morgan fingerprint density at radius 3 is 2.28 bits per heavy atom. The molecule has 0 spiro atoms. The second-order valence-electron chi connectivity index (χ2n) is 4.75. The molecular weight excluding hydrogens is 234 g/mol. The van der Waals surface area contributed by atoms with Gasteiger partial charge >= 0.3 is 0 Å². The van der Waals surface area contributed by atoms with E-state index >= 15 is 0 Å². The fraction of sp³-hybridized carbons (Fsp3) is 0.846. The first-order valence-electron chi connectivity index (χ1n) is 6.20. The van der Waals surface area contributed by atoms with Crippen LogP contribution in [-0.4, -0.2) is 52.9 Å². The molecule has 5 heteroatoms. The first-order valence-corrected chi connectivity index (χ1v) is 6.20. The van der Waals surface area contributed by atoms with Gasteiger partial charge in [0, 0.05) is 5.54 Å². The van der Waals surface area contributed by atoms with Gasteiger partial charge in [-0.25, -0.2) is 0 Å². The highest BCUT2D eigenvalue weighted by atomic mass is 16.5. The highest BCUT2D eigenvalue weighted by Gasteiger charge is 2.19.